The minimum Gasteiger partial charge on any atom is -0.290 e. The van der Waals surface area contributed by atoms with Gasteiger partial charge in [-0.15, -0.1) is 0 Å². The standard InChI is InChI=1S/C20H41NO2/c1-2-3-4-5-6-7-8-9-10-11-12-13-14-15-16-17-18-19-20-21(22)23/h11-12,22-23H,2-10,13-20H2,1H3. The lowest BCUT2D eigenvalue weighted by atomic mass is 10.1. The molecule has 0 saturated heterocycles. The fourth-order valence-corrected chi connectivity index (χ4v) is 2.85. The zero-order chi connectivity index (χ0) is 17.0. The maximum absolute atomic E-state index is 8.57. The average Bonchev–Trinajstić information content (AvgIpc) is 2.53. The summed E-state index contributed by atoms with van der Waals surface area (Å²) >= 11 is 0. The Labute approximate surface area is 144 Å². The van der Waals surface area contributed by atoms with Gasteiger partial charge in [0.05, 0.1) is 6.54 Å². The van der Waals surface area contributed by atoms with Gasteiger partial charge in [0.1, 0.15) is 0 Å². The Morgan fingerprint density at radius 1 is 0.565 bits per heavy atom. The number of hydrogen-bond donors (Lipinski definition) is 2. The lowest BCUT2D eigenvalue weighted by Gasteiger charge is -2.05. The van der Waals surface area contributed by atoms with E-state index < -0.39 is 0 Å². The maximum atomic E-state index is 8.57. The predicted molar refractivity (Wildman–Crippen MR) is 99.0 cm³/mol. The minimum absolute atomic E-state index is 0.289. The molecule has 0 aromatic rings. The first kappa shape index (κ1) is 22.6. The van der Waals surface area contributed by atoms with Crippen LogP contribution in [0.5, 0.6) is 0 Å². The summed E-state index contributed by atoms with van der Waals surface area (Å²) in [6, 6.07) is 0. The van der Waals surface area contributed by atoms with Crippen molar-refractivity contribution in [2.75, 3.05) is 6.54 Å². The number of hydrogen-bond acceptors (Lipinski definition) is 3. The summed E-state index contributed by atoms with van der Waals surface area (Å²) in [5.74, 6) is 0. The summed E-state index contributed by atoms with van der Waals surface area (Å²) < 4.78 is 0. The topological polar surface area (TPSA) is 43.7 Å². The third-order valence-electron chi connectivity index (χ3n) is 4.37. The van der Waals surface area contributed by atoms with E-state index in [1.54, 1.807) is 0 Å². The van der Waals surface area contributed by atoms with Crippen LogP contribution in [0.4, 0.5) is 0 Å². The summed E-state index contributed by atoms with van der Waals surface area (Å²) in [6.07, 6.45) is 25.4. The molecule has 0 aromatic heterocycles. The number of unbranched alkanes of at least 4 members (excludes halogenated alkanes) is 14. The van der Waals surface area contributed by atoms with Gasteiger partial charge in [0.2, 0.25) is 0 Å². The molecule has 0 amide bonds. The van der Waals surface area contributed by atoms with Gasteiger partial charge in [-0.05, 0) is 32.1 Å². The quantitative estimate of drug-likeness (QED) is 0.164. The second-order valence-electron chi connectivity index (χ2n) is 6.74. The Balaban J connectivity index is 3.06. The fourth-order valence-electron chi connectivity index (χ4n) is 2.85. The van der Waals surface area contributed by atoms with E-state index in [9.17, 15) is 0 Å². The van der Waals surface area contributed by atoms with Gasteiger partial charge in [-0.2, -0.15) is 0 Å². The van der Waals surface area contributed by atoms with Crippen LogP contribution >= 0.6 is 0 Å². The van der Waals surface area contributed by atoms with Crippen LogP contribution in [-0.4, -0.2) is 22.2 Å². The van der Waals surface area contributed by atoms with Gasteiger partial charge in [-0.1, -0.05) is 94.9 Å². The van der Waals surface area contributed by atoms with Gasteiger partial charge in [0.15, 0.2) is 0 Å². The molecule has 138 valence electrons. The Morgan fingerprint density at radius 3 is 1.39 bits per heavy atom. The molecule has 0 fully saturated rings. The van der Waals surface area contributed by atoms with Crippen molar-refractivity contribution in [1.29, 1.82) is 0 Å². The second-order valence-corrected chi connectivity index (χ2v) is 6.74. The van der Waals surface area contributed by atoms with E-state index in [4.69, 9.17) is 10.4 Å². The molecular weight excluding hydrogens is 286 g/mol. The SMILES string of the molecule is CCCCCCCCCCC=CCCCCCCCCN(O)O. The van der Waals surface area contributed by atoms with Crippen LogP contribution in [0.2, 0.25) is 0 Å². The summed E-state index contributed by atoms with van der Waals surface area (Å²) in [6.45, 7) is 2.64. The molecule has 2 N–H and O–H groups in total. The van der Waals surface area contributed by atoms with E-state index in [1.165, 1.54) is 89.9 Å². The molecule has 0 saturated carbocycles. The highest BCUT2D eigenvalue weighted by Gasteiger charge is 1.94. The van der Waals surface area contributed by atoms with Crippen molar-refractivity contribution in [3.05, 3.63) is 12.2 Å². The lowest BCUT2D eigenvalue weighted by molar-refractivity contribution is -0.306. The molecule has 23 heavy (non-hydrogen) atoms. The van der Waals surface area contributed by atoms with Crippen LogP contribution in [0.3, 0.4) is 0 Å². The molecule has 0 heterocycles. The van der Waals surface area contributed by atoms with E-state index in [0.717, 1.165) is 12.8 Å². The monoisotopic (exact) mass is 327 g/mol. The van der Waals surface area contributed by atoms with Crippen LogP contribution in [-0.2, 0) is 0 Å². The molecule has 3 nitrogen and oxygen atoms in total. The first-order valence-corrected chi connectivity index (χ1v) is 10.1. The van der Waals surface area contributed by atoms with Crippen LogP contribution in [0, 0.1) is 0 Å². The molecule has 0 rings (SSSR count). The Kier molecular flexibility index (Phi) is 19.3. The molecule has 0 radical (unpaired) electrons. The number of hydroxylamine groups is 2. The first-order chi connectivity index (χ1) is 11.3. The van der Waals surface area contributed by atoms with Crippen molar-refractivity contribution in [2.24, 2.45) is 0 Å². The van der Waals surface area contributed by atoms with Crippen LogP contribution < -0.4 is 0 Å². The van der Waals surface area contributed by atoms with Gasteiger partial charge in [0.25, 0.3) is 0 Å². The molecule has 3 heteroatoms. The molecule has 0 aliphatic rings. The smallest absolute Gasteiger partial charge is 0.0512 e. The van der Waals surface area contributed by atoms with Crippen molar-refractivity contribution in [3.8, 4) is 0 Å². The van der Waals surface area contributed by atoms with Crippen molar-refractivity contribution in [2.45, 2.75) is 110 Å². The van der Waals surface area contributed by atoms with Gasteiger partial charge >= 0.3 is 0 Å². The third-order valence-corrected chi connectivity index (χ3v) is 4.37. The molecule has 0 unspecified atom stereocenters. The Bertz CT molecular complexity index is 242. The summed E-state index contributed by atoms with van der Waals surface area (Å²) in [7, 11) is 0. The summed E-state index contributed by atoms with van der Waals surface area (Å²) in [5, 5.41) is 17.4. The van der Waals surface area contributed by atoms with E-state index in [-0.39, 0.29) is 5.23 Å². The highest BCUT2D eigenvalue weighted by atomic mass is 16.8. The van der Waals surface area contributed by atoms with Crippen molar-refractivity contribution in [3.63, 3.8) is 0 Å². The predicted octanol–water partition coefficient (Wildman–Crippen LogP) is 6.88. The normalized spacial score (nSPS) is 11.8. The van der Waals surface area contributed by atoms with Crippen LogP contribution in [0.15, 0.2) is 12.2 Å². The minimum atomic E-state index is 0.289. The summed E-state index contributed by atoms with van der Waals surface area (Å²) in [4.78, 5) is 0. The molecule has 0 bridgehead atoms. The van der Waals surface area contributed by atoms with Gasteiger partial charge in [-0.25, -0.2) is 0 Å². The molecule has 0 atom stereocenters. The maximum Gasteiger partial charge on any atom is 0.0512 e. The zero-order valence-corrected chi connectivity index (χ0v) is 15.5. The molecule has 0 spiro atoms. The second kappa shape index (κ2) is 19.7. The molecule has 0 aliphatic carbocycles. The van der Waals surface area contributed by atoms with Gasteiger partial charge in [-0.3, -0.25) is 10.4 Å². The fraction of sp³-hybridized carbons (Fsp3) is 0.900. The lowest BCUT2D eigenvalue weighted by Crippen LogP contribution is -2.14. The summed E-state index contributed by atoms with van der Waals surface area (Å²) in [5.41, 5.74) is 0. The number of nitrogens with zero attached hydrogens (tertiary/aromatic N) is 1. The zero-order valence-electron chi connectivity index (χ0n) is 15.5. The van der Waals surface area contributed by atoms with Crippen molar-refractivity contribution >= 4 is 0 Å². The van der Waals surface area contributed by atoms with Gasteiger partial charge < -0.3 is 0 Å². The van der Waals surface area contributed by atoms with Crippen molar-refractivity contribution < 1.29 is 10.4 Å². The Hall–Kier alpha value is -0.380. The highest BCUT2D eigenvalue weighted by Crippen LogP contribution is 2.11. The van der Waals surface area contributed by atoms with E-state index in [0.29, 0.717) is 6.54 Å². The van der Waals surface area contributed by atoms with Crippen molar-refractivity contribution in [1.82, 2.24) is 5.23 Å². The van der Waals surface area contributed by atoms with E-state index >= 15 is 0 Å². The molecule has 0 aromatic carbocycles. The molecule has 0 aliphatic heterocycles. The van der Waals surface area contributed by atoms with Crippen LogP contribution in [0.25, 0.3) is 0 Å². The number of rotatable bonds is 18. The van der Waals surface area contributed by atoms with E-state index in [2.05, 4.69) is 19.1 Å². The highest BCUT2D eigenvalue weighted by molar-refractivity contribution is 4.81. The first-order valence-electron chi connectivity index (χ1n) is 10.1. The van der Waals surface area contributed by atoms with Crippen LogP contribution in [0.1, 0.15) is 110 Å². The van der Waals surface area contributed by atoms with E-state index in [1.807, 2.05) is 0 Å². The van der Waals surface area contributed by atoms with Gasteiger partial charge in [0, 0.05) is 0 Å². The number of allylic oxidation sites excluding steroid dienone is 2. The molecular formula is C20H41NO2. The largest absolute Gasteiger partial charge is 0.290 e. The average molecular weight is 328 g/mol. The Morgan fingerprint density at radius 2 is 0.957 bits per heavy atom. The third kappa shape index (κ3) is 21.6.